The Balaban J connectivity index is 2.30. The van der Waals surface area contributed by atoms with Gasteiger partial charge in [-0.25, -0.2) is 0 Å². The lowest BCUT2D eigenvalue weighted by atomic mass is 10.1. The highest BCUT2D eigenvalue weighted by Crippen LogP contribution is 2.28. The van der Waals surface area contributed by atoms with Crippen LogP contribution in [-0.2, 0) is 0 Å². The molecule has 0 saturated carbocycles. The van der Waals surface area contributed by atoms with Crippen molar-refractivity contribution < 1.29 is 9.72 Å². The van der Waals surface area contributed by atoms with Crippen LogP contribution in [-0.4, -0.2) is 38.5 Å². The smallest absolute Gasteiger partial charge is 0.293 e. The third kappa shape index (κ3) is 3.11. The van der Waals surface area contributed by atoms with Crippen molar-refractivity contribution in [3.63, 3.8) is 0 Å². The number of nitro benzene ring substituents is 1. The van der Waals surface area contributed by atoms with Crippen molar-refractivity contribution in [2.75, 3.05) is 12.4 Å². The summed E-state index contributed by atoms with van der Waals surface area (Å²) in [7, 11) is 1.46. The predicted molar refractivity (Wildman–Crippen MR) is 72.7 cm³/mol. The van der Waals surface area contributed by atoms with Crippen LogP contribution in [0.2, 0.25) is 0 Å². The molecule has 1 aromatic heterocycles. The summed E-state index contributed by atoms with van der Waals surface area (Å²) in [6.45, 7) is 1.74. The molecule has 0 aliphatic rings. The number of aromatic amines is 1. The van der Waals surface area contributed by atoms with Crippen molar-refractivity contribution in [3.8, 4) is 0 Å². The van der Waals surface area contributed by atoms with Crippen LogP contribution >= 0.6 is 0 Å². The van der Waals surface area contributed by atoms with Crippen LogP contribution in [0.15, 0.2) is 18.2 Å². The number of carbonyl (C=O) groups is 1. The molecule has 0 bridgehead atoms. The number of H-pyrrole nitrogens is 1. The first-order valence-electron chi connectivity index (χ1n) is 6.03. The highest BCUT2D eigenvalue weighted by atomic mass is 16.6. The average Bonchev–Trinajstić information content (AvgIpc) is 3.00. The number of aromatic nitrogens is 4. The molecule has 2 rings (SSSR count). The van der Waals surface area contributed by atoms with Crippen LogP contribution in [0.4, 0.5) is 11.4 Å². The Morgan fingerprint density at radius 1 is 1.48 bits per heavy atom. The van der Waals surface area contributed by atoms with Gasteiger partial charge in [-0.2, -0.15) is 5.21 Å². The van der Waals surface area contributed by atoms with Crippen LogP contribution in [0, 0.1) is 10.1 Å². The molecule has 10 heteroatoms. The van der Waals surface area contributed by atoms with Crippen molar-refractivity contribution in [3.05, 3.63) is 39.7 Å². The van der Waals surface area contributed by atoms with Gasteiger partial charge in [-0.05, 0) is 19.1 Å². The van der Waals surface area contributed by atoms with Gasteiger partial charge >= 0.3 is 0 Å². The Kier molecular flexibility index (Phi) is 4.07. The topological polar surface area (TPSA) is 139 Å². The van der Waals surface area contributed by atoms with Gasteiger partial charge in [0.2, 0.25) is 0 Å². The zero-order valence-electron chi connectivity index (χ0n) is 11.3. The zero-order valence-corrected chi connectivity index (χ0v) is 11.3. The number of anilines is 1. The summed E-state index contributed by atoms with van der Waals surface area (Å²) < 4.78 is 0. The molecule has 0 saturated heterocycles. The Morgan fingerprint density at radius 3 is 2.81 bits per heavy atom. The second kappa shape index (κ2) is 5.94. The van der Waals surface area contributed by atoms with E-state index in [1.165, 1.54) is 25.2 Å². The van der Waals surface area contributed by atoms with Gasteiger partial charge in [-0.1, -0.05) is 5.21 Å². The summed E-state index contributed by atoms with van der Waals surface area (Å²) in [6.07, 6.45) is 0. The van der Waals surface area contributed by atoms with Gasteiger partial charge in [0, 0.05) is 18.7 Å². The van der Waals surface area contributed by atoms with Gasteiger partial charge in [0.15, 0.2) is 5.82 Å². The van der Waals surface area contributed by atoms with E-state index in [0.29, 0.717) is 5.82 Å². The van der Waals surface area contributed by atoms with E-state index in [4.69, 9.17) is 0 Å². The summed E-state index contributed by atoms with van der Waals surface area (Å²) in [5.74, 6) is -0.0180. The van der Waals surface area contributed by atoms with Gasteiger partial charge in [0.05, 0.1) is 11.0 Å². The number of hydrogen-bond donors (Lipinski definition) is 3. The van der Waals surface area contributed by atoms with Crippen molar-refractivity contribution in [2.24, 2.45) is 0 Å². The van der Waals surface area contributed by atoms with Crippen LogP contribution < -0.4 is 10.6 Å². The minimum atomic E-state index is -0.558. The van der Waals surface area contributed by atoms with E-state index in [2.05, 4.69) is 31.3 Å². The molecule has 1 heterocycles. The fraction of sp³-hybridized carbons (Fsp3) is 0.273. The number of benzene rings is 1. The molecule has 0 spiro atoms. The third-order valence-corrected chi connectivity index (χ3v) is 2.80. The molecule has 0 radical (unpaired) electrons. The van der Waals surface area contributed by atoms with Gasteiger partial charge < -0.3 is 10.6 Å². The van der Waals surface area contributed by atoms with Crippen LogP contribution in [0.1, 0.15) is 29.1 Å². The lowest BCUT2D eigenvalue weighted by Crippen LogP contribution is -2.18. The first-order valence-corrected chi connectivity index (χ1v) is 6.03. The van der Waals surface area contributed by atoms with Crippen molar-refractivity contribution in [1.29, 1.82) is 0 Å². The Morgan fingerprint density at radius 2 is 2.24 bits per heavy atom. The van der Waals surface area contributed by atoms with Crippen LogP contribution in [0.3, 0.4) is 0 Å². The van der Waals surface area contributed by atoms with E-state index in [-0.39, 0.29) is 23.0 Å². The Labute approximate surface area is 119 Å². The van der Waals surface area contributed by atoms with E-state index in [1.54, 1.807) is 6.92 Å². The van der Waals surface area contributed by atoms with Gasteiger partial charge in [0.25, 0.3) is 11.6 Å². The SMILES string of the molecule is CNC(=O)c1ccc(NC(C)c2nn[nH]n2)c([N+](=O)[O-])c1. The van der Waals surface area contributed by atoms with E-state index >= 15 is 0 Å². The molecular formula is C11H13N7O3. The Hall–Kier alpha value is -3.04. The number of nitro groups is 1. The van der Waals surface area contributed by atoms with Gasteiger partial charge in [-0.15, -0.1) is 10.2 Å². The number of hydrogen-bond acceptors (Lipinski definition) is 7. The summed E-state index contributed by atoms with van der Waals surface area (Å²) in [6, 6.07) is 3.80. The van der Waals surface area contributed by atoms with Crippen molar-refractivity contribution in [2.45, 2.75) is 13.0 Å². The largest absolute Gasteiger partial charge is 0.370 e. The second-order valence-corrected chi connectivity index (χ2v) is 4.20. The molecule has 1 aromatic carbocycles. The predicted octanol–water partition coefficient (Wildman–Crippen LogP) is 0.641. The molecule has 0 aliphatic carbocycles. The maximum absolute atomic E-state index is 11.5. The molecule has 0 aliphatic heterocycles. The first kappa shape index (κ1) is 14.4. The number of amides is 1. The van der Waals surface area contributed by atoms with Gasteiger partial charge in [-0.3, -0.25) is 14.9 Å². The monoisotopic (exact) mass is 291 g/mol. The minimum Gasteiger partial charge on any atom is -0.370 e. The average molecular weight is 291 g/mol. The molecule has 0 fully saturated rings. The molecule has 110 valence electrons. The number of nitrogens with zero attached hydrogens (tertiary/aromatic N) is 4. The number of rotatable bonds is 5. The van der Waals surface area contributed by atoms with E-state index in [9.17, 15) is 14.9 Å². The van der Waals surface area contributed by atoms with Crippen LogP contribution in [0.5, 0.6) is 0 Å². The first-order chi connectivity index (χ1) is 10.0. The highest BCUT2D eigenvalue weighted by Gasteiger charge is 2.20. The van der Waals surface area contributed by atoms with Gasteiger partial charge in [0.1, 0.15) is 5.69 Å². The number of nitrogens with one attached hydrogen (secondary N) is 3. The van der Waals surface area contributed by atoms with Crippen LogP contribution in [0.25, 0.3) is 0 Å². The number of tetrazole rings is 1. The maximum Gasteiger partial charge on any atom is 0.293 e. The van der Waals surface area contributed by atoms with Crippen molar-refractivity contribution >= 4 is 17.3 Å². The summed E-state index contributed by atoms with van der Waals surface area (Å²) in [5, 5.41) is 29.8. The maximum atomic E-state index is 11.5. The molecular weight excluding hydrogens is 278 g/mol. The standard InChI is InChI=1S/C11H13N7O3/c1-6(10-14-16-17-15-10)13-8-4-3-7(11(19)12-2)5-9(8)18(20)21/h3-6,13H,1-2H3,(H,12,19)(H,14,15,16,17). The van der Waals surface area contributed by atoms with Crippen molar-refractivity contribution in [1.82, 2.24) is 25.9 Å². The van der Waals surface area contributed by atoms with E-state index in [1.807, 2.05) is 0 Å². The third-order valence-electron chi connectivity index (χ3n) is 2.80. The molecule has 21 heavy (non-hydrogen) atoms. The molecule has 1 amide bonds. The molecule has 3 N–H and O–H groups in total. The summed E-state index contributed by atoms with van der Waals surface area (Å²) >= 11 is 0. The highest BCUT2D eigenvalue weighted by molar-refractivity contribution is 5.95. The number of carbonyl (C=O) groups excluding carboxylic acids is 1. The summed E-state index contributed by atoms with van der Waals surface area (Å²) in [5.41, 5.74) is 0.276. The fourth-order valence-electron chi connectivity index (χ4n) is 1.74. The quantitative estimate of drug-likeness (QED) is 0.542. The normalized spacial score (nSPS) is 11.7. The lowest BCUT2D eigenvalue weighted by Gasteiger charge is -2.12. The molecule has 1 atom stereocenters. The molecule has 1 unspecified atom stereocenters. The summed E-state index contributed by atoms with van der Waals surface area (Å²) in [4.78, 5) is 22.1. The molecule has 2 aromatic rings. The minimum absolute atomic E-state index is 0.202. The molecule has 10 nitrogen and oxygen atoms in total. The zero-order chi connectivity index (χ0) is 15.4. The van der Waals surface area contributed by atoms with E-state index in [0.717, 1.165) is 0 Å². The lowest BCUT2D eigenvalue weighted by molar-refractivity contribution is -0.384. The second-order valence-electron chi connectivity index (χ2n) is 4.20. The Bertz CT molecular complexity index is 656. The fourth-order valence-corrected chi connectivity index (χ4v) is 1.74. The van der Waals surface area contributed by atoms with E-state index < -0.39 is 10.8 Å².